The molecule has 0 aliphatic rings. The Morgan fingerprint density at radius 3 is 2.15 bits per heavy atom. The number of ether oxygens (including phenoxy) is 1. The van der Waals surface area contributed by atoms with Crippen LogP contribution in [0, 0.1) is 21.4 Å². The van der Waals surface area contributed by atoms with Gasteiger partial charge in [0.25, 0.3) is 5.69 Å². The number of carbonyl (C=O) groups is 1. The van der Waals surface area contributed by atoms with Gasteiger partial charge < -0.3 is 10.5 Å². The molecule has 0 radical (unpaired) electrons. The number of nitro benzene ring substituents is 1. The summed E-state index contributed by atoms with van der Waals surface area (Å²) in [6.45, 7) is 0. The fourth-order valence-corrected chi connectivity index (χ4v) is 2.15. The molecule has 0 aliphatic carbocycles. The van der Waals surface area contributed by atoms with Crippen LogP contribution in [0.1, 0.15) is 5.56 Å². The number of hydrogen-bond donors (Lipinski definition) is 1. The lowest BCUT2D eigenvalue weighted by atomic mass is 10.0. The van der Waals surface area contributed by atoms with E-state index in [1.807, 2.05) is 54.6 Å². The van der Waals surface area contributed by atoms with Gasteiger partial charge in [-0.3, -0.25) is 10.1 Å². The number of primary amides is 1. The first-order chi connectivity index (χ1) is 13.0. The number of carbonyl (C=O) groups excluding carboxylic acids is 1. The molecule has 0 aliphatic heterocycles. The fourth-order valence-electron chi connectivity index (χ4n) is 2.15. The van der Waals surface area contributed by atoms with Gasteiger partial charge in [0, 0.05) is 12.1 Å². The van der Waals surface area contributed by atoms with Crippen LogP contribution in [0.15, 0.2) is 78.9 Å². The van der Waals surface area contributed by atoms with Gasteiger partial charge in [-0.25, -0.2) is 4.79 Å². The lowest BCUT2D eigenvalue weighted by molar-refractivity contribution is -0.384. The molecule has 3 aromatic rings. The summed E-state index contributed by atoms with van der Waals surface area (Å²) in [5.41, 5.74) is 7.59. The van der Waals surface area contributed by atoms with Crippen molar-refractivity contribution in [1.82, 2.24) is 0 Å². The second-order valence-electron chi connectivity index (χ2n) is 5.23. The van der Waals surface area contributed by atoms with Crippen LogP contribution >= 0.6 is 0 Å². The molecular formula is C20H15N3O4. The van der Waals surface area contributed by atoms with Gasteiger partial charge in [0.1, 0.15) is 5.75 Å². The maximum atomic E-state index is 10.3. The van der Waals surface area contributed by atoms with Crippen LogP contribution in [0.4, 0.5) is 10.5 Å². The van der Waals surface area contributed by atoms with Gasteiger partial charge in [0.2, 0.25) is 0 Å². The molecule has 7 heteroatoms. The Labute approximate surface area is 155 Å². The number of nitrogens with zero attached hydrogens (tertiary/aromatic N) is 2. The van der Waals surface area contributed by atoms with Gasteiger partial charge in [0.05, 0.1) is 16.6 Å². The van der Waals surface area contributed by atoms with Crippen molar-refractivity contribution in [3.63, 3.8) is 0 Å². The first-order valence-electron chi connectivity index (χ1n) is 7.77. The maximum absolute atomic E-state index is 10.3. The standard InChI is InChI=1S/C13H9N.C7H6N2O4/c14-10-11-5-4-8-13(9-11)12-6-2-1-3-7-12;8-7(10)13-6-3-1-5(2-4-6)9(11)12/h1-9H;1-4H,(H2,8,10). The average Bonchev–Trinajstić information content (AvgIpc) is 2.69. The highest BCUT2D eigenvalue weighted by Gasteiger charge is 2.05. The monoisotopic (exact) mass is 361 g/mol. The van der Waals surface area contributed by atoms with E-state index in [-0.39, 0.29) is 11.4 Å². The summed E-state index contributed by atoms with van der Waals surface area (Å²) >= 11 is 0. The third-order valence-corrected chi connectivity index (χ3v) is 3.36. The van der Waals surface area contributed by atoms with Gasteiger partial charge in [-0.2, -0.15) is 5.26 Å². The zero-order valence-electron chi connectivity index (χ0n) is 14.1. The summed E-state index contributed by atoms with van der Waals surface area (Å²) in [7, 11) is 0. The van der Waals surface area contributed by atoms with Gasteiger partial charge in [-0.15, -0.1) is 0 Å². The van der Waals surface area contributed by atoms with Crippen LogP contribution in [0.2, 0.25) is 0 Å². The highest BCUT2D eigenvalue weighted by Crippen LogP contribution is 2.19. The Bertz CT molecular complexity index is 965. The maximum Gasteiger partial charge on any atom is 0.409 e. The van der Waals surface area contributed by atoms with Crippen molar-refractivity contribution in [2.45, 2.75) is 0 Å². The van der Waals surface area contributed by atoms with Crippen LogP contribution < -0.4 is 10.5 Å². The molecule has 7 nitrogen and oxygen atoms in total. The van der Waals surface area contributed by atoms with Crippen molar-refractivity contribution < 1.29 is 14.5 Å². The number of nitrogens with two attached hydrogens (primary N) is 1. The smallest absolute Gasteiger partial charge is 0.409 e. The summed E-state index contributed by atoms with van der Waals surface area (Å²) in [4.78, 5) is 19.9. The molecule has 27 heavy (non-hydrogen) atoms. The van der Waals surface area contributed by atoms with Crippen molar-refractivity contribution in [3.05, 3.63) is 94.5 Å². The summed E-state index contributed by atoms with van der Waals surface area (Å²) in [6, 6.07) is 24.8. The van der Waals surface area contributed by atoms with Gasteiger partial charge >= 0.3 is 6.09 Å². The molecule has 2 N–H and O–H groups in total. The summed E-state index contributed by atoms with van der Waals surface area (Å²) in [6.07, 6.45) is -0.950. The number of rotatable bonds is 3. The number of non-ortho nitro benzene ring substituents is 1. The minimum Gasteiger partial charge on any atom is -0.410 e. The van der Waals surface area contributed by atoms with Gasteiger partial charge in [0.15, 0.2) is 0 Å². The number of hydrogen-bond acceptors (Lipinski definition) is 5. The number of benzene rings is 3. The topological polar surface area (TPSA) is 119 Å². The molecule has 0 saturated heterocycles. The molecule has 134 valence electrons. The Kier molecular flexibility index (Phi) is 6.63. The third-order valence-electron chi connectivity index (χ3n) is 3.36. The van der Waals surface area contributed by atoms with Crippen LogP contribution in [-0.4, -0.2) is 11.0 Å². The zero-order valence-corrected chi connectivity index (χ0v) is 14.1. The second-order valence-corrected chi connectivity index (χ2v) is 5.23. The summed E-state index contributed by atoms with van der Waals surface area (Å²) in [5.74, 6) is 0.179. The molecule has 0 saturated carbocycles. The van der Waals surface area contributed by atoms with Crippen molar-refractivity contribution >= 4 is 11.8 Å². The predicted octanol–water partition coefficient (Wildman–Crippen LogP) is 4.28. The van der Waals surface area contributed by atoms with Crippen LogP contribution in [0.5, 0.6) is 5.75 Å². The van der Waals surface area contributed by atoms with Crippen molar-refractivity contribution in [1.29, 1.82) is 5.26 Å². The SMILES string of the molecule is N#Cc1cccc(-c2ccccc2)c1.NC(=O)Oc1ccc([N+](=O)[O-])cc1. The first-order valence-corrected chi connectivity index (χ1v) is 7.77. The predicted molar refractivity (Wildman–Crippen MR) is 99.9 cm³/mol. The Balaban J connectivity index is 0.000000194. The molecule has 0 atom stereocenters. The van der Waals surface area contributed by atoms with Crippen LogP contribution in [-0.2, 0) is 0 Å². The normalized spacial score (nSPS) is 9.30. The Morgan fingerprint density at radius 2 is 1.59 bits per heavy atom. The van der Waals surface area contributed by atoms with E-state index < -0.39 is 11.0 Å². The van der Waals surface area contributed by atoms with Crippen molar-refractivity contribution in [2.75, 3.05) is 0 Å². The molecule has 0 spiro atoms. The number of nitro groups is 1. The van der Waals surface area contributed by atoms with Gasteiger partial charge in [-0.1, -0.05) is 42.5 Å². The minimum atomic E-state index is -0.950. The molecule has 3 aromatic carbocycles. The van der Waals surface area contributed by atoms with E-state index in [1.54, 1.807) is 0 Å². The molecule has 0 bridgehead atoms. The summed E-state index contributed by atoms with van der Waals surface area (Å²) in [5, 5.41) is 19.0. The van der Waals surface area contributed by atoms with Gasteiger partial charge in [-0.05, 0) is 35.4 Å². The minimum absolute atomic E-state index is 0.0724. The zero-order chi connectivity index (χ0) is 19.6. The van der Waals surface area contributed by atoms with E-state index in [1.165, 1.54) is 24.3 Å². The quantitative estimate of drug-likeness (QED) is 0.551. The van der Waals surface area contributed by atoms with E-state index >= 15 is 0 Å². The van der Waals surface area contributed by atoms with E-state index in [9.17, 15) is 14.9 Å². The van der Waals surface area contributed by atoms with Crippen molar-refractivity contribution in [2.24, 2.45) is 5.73 Å². The third kappa shape index (κ3) is 5.99. The molecule has 0 heterocycles. The lowest BCUT2D eigenvalue weighted by Gasteiger charge is -2.00. The van der Waals surface area contributed by atoms with E-state index in [2.05, 4.69) is 10.8 Å². The lowest BCUT2D eigenvalue weighted by Crippen LogP contribution is -2.16. The molecular weight excluding hydrogens is 346 g/mol. The van der Waals surface area contributed by atoms with E-state index in [0.29, 0.717) is 5.56 Å². The number of nitriles is 1. The van der Waals surface area contributed by atoms with Crippen LogP contribution in [0.3, 0.4) is 0 Å². The average molecular weight is 361 g/mol. The molecule has 0 unspecified atom stereocenters. The first kappa shape index (κ1) is 19.1. The Hall–Kier alpha value is -4.18. The fraction of sp³-hybridized carbons (Fsp3) is 0. The molecule has 0 aromatic heterocycles. The molecule has 1 amide bonds. The largest absolute Gasteiger partial charge is 0.410 e. The van der Waals surface area contributed by atoms with Crippen molar-refractivity contribution in [3.8, 4) is 22.9 Å². The Morgan fingerprint density at radius 1 is 0.963 bits per heavy atom. The highest BCUT2D eigenvalue weighted by molar-refractivity contribution is 5.68. The molecule has 3 rings (SSSR count). The molecule has 0 fully saturated rings. The van der Waals surface area contributed by atoms with E-state index in [0.717, 1.165) is 11.1 Å². The summed E-state index contributed by atoms with van der Waals surface area (Å²) < 4.78 is 4.47. The van der Waals surface area contributed by atoms with E-state index in [4.69, 9.17) is 11.0 Å². The number of amides is 1. The second kappa shape index (κ2) is 9.34. The van der Waals surface area contributed by atoms with Crippen LogP contribution in [0.25, 0.3) is 11.1 Å². The highest BCUT2D eigenvalue weighted by atomic mass is 16.6.